The number of phenolic OH excluding ortho intramolecular Hbond substituents is 1. The maximum Gasteiger partial charge on any atom is 0.262 e. The van der Waals surface area contributed by atoms with Gasteiger partial charge < -0.3 is 24.0 Å². The van der Waals surface area contributed by atoms with Crippen molar-refractivity contribution in [3.8, 4) is 11.5 Å². The number of aromatic hydroxyl groups is 1. The number of hydrogen-bond acceptors (Lipinski definition) is 5. The van der Waals surface area contributed by atoms with Gasteiger partial charge in [-0.05, 0) is 72.5 Å². The van der Waals surface area contributed by atoms with Crippen LogP contribution in [0.4, 0.5) is 10.1 Å². The summed E-state index contributed by atoms with van der Waals surface area (Å²) in [5, 5.41) is 10.7. The normalized spacial score (nSPS) is 15.6. The van der Waals surface area contributed by atoms with Gasteiger partial charge in [-0.1, -0.05) is 30.3 Å². The third kappa shape index (κ3) is 4.86. The highest BCUT2D eigenvalue weighted by Gasteiger charge is 2.47. The fourth-order valence-corrected chi connectivity index (χ4v) is 6.29. The smallest absolute Gasteiger partial charge is 0.262 e. The van der Waals surface area contributed by atoms with Crippen LogP contribution in [0, 0.1) is 5.82 Å². The number of ether oxygens (including phenoxy) is 1. The molecule has 1 spiro atoms. The largest absolute Gasteiger partial charge is 0.507 e. The molecule has 5 aromatic rings. The molecule has 0 saturated carbocycles. The van der Waals surface area contributed by atoms with Gasteiger partial charge in [0, 0.05) is 42.5 Å². The third-order valence-electron chi connectivity index (χ3n) is 8.64. The van der Waals surface area contributed by atoms with Crippen LogP contribution in [0.3, 0.4) is 0 Å². The molecule has 43 heavy (non-hydrogen) atoms. The molecule has 7 rings (SSSR count). The minimum Gasteiger partial charge on any atom is -0.507 e. The molecule has 9 heteroatoms. The van der Waals surface area contributed by atoms with Crippen LogP contribution in [0.2, 0.25) is 0 Å². The quantitative estimate of drug-likeness (QED) is 0.295. The summed E-state index contributed by atoms with van der Waals surface area (Å²) in [5.74, 6) is -0.531. The Morgan fingerprint density at radius 1 is 0.953 bits per heavy atom. The highest BCUT2D eigenvalue weighted by atomic mass is 19.1. The molecule has 3 aromatic carbocycles. The molecule has 0 aliphatic carbocycles. The molecule has 216 valence electrons. The standard InChI is InChI=1S/C34H29FN4O4/c35-25-6-8-30-29(17-25)34(11-14-37(15-12-34)32(41)24-10-13-38-22-36-19-26(38)16-24)21-39(30)33(42)28-18-27(7-9-31(28)40)43-20-23-4-2-1-3-5-23/h1-10,13,16-19,22,40H,11-12,14-15,20-21H2. The number of phenols is 1. The summed E-state index contributed by atoms with van der Waals surface area (Å²) in [5.41, 5.74) is 3.37. The molecular formula is C34H29FN4O4. The Labute approximate surface area is 247 Å². The van der Waals surface area contributed by atoms with E-state index in [1.54, 1.807) is 41.7 Å². The van der Waals surface area contributed by atoms with Crippen molar-refractivity contribution in [3.05, 3.63) is 126 Å². The molecule has 0 bridgehead atoms. The Morgan fingerprint density at radius 3 is 2.58 bits per heavy atom. The Balaban J connectivity index is 1.12. The Bertz CT molecular complexity index is 1850. The van der Waals surface area contributed by atoms with Crippen LogP contribution in [0.15, 0.2) is 97.6 Å². The summed E-state index contributed by atoms with van der Waals surface area (Å²) in [6.07, 6.45) is 6.35. The highest BCUT2D eigenvalue weighted by molar-refractivity contribution is 6.09. The first-order chi connectivity index (χ1) is 20.9. The fraction of sp³-hybridized carbons (Fsp3) is 0.206. The topological polar surface area (TPSA) is 87.4 Å². The number of nitrogens with zero attached hydrogens (tertiary/aromatic N) is 4. The molecule has 1 N–H and O–H groups in total. The zero-order valence-corrected chi connectivity index (χ0v) is 23.3. The number of benzene rings is 3. The number of hydrogen-bond donors (Lipinski definition) is 1. The molecule has 2 aliphatic heterocycles. The van der Waals surface area contributed by atoms with Crippen molar-refractivity contribution < 1.29 is 23.8 Å². The summed E-state index contributed by atoms with van der Waals surface area (Å²) >= 11 is 0. The summed E-state index contributed by atoms with van der Waals surface area (Å²) in [7, 11) is 0. The first-order valence-electron chi connectivity index (χ1n) is 14.2. The van der Waals surface area contributed by atoms with E-state index in [1.807, 2.05) is 51.9 Å². The fourth-order valence-electron chi connectivity index (χ4n) is 6.29. The molecule has 0 radical (unpaired) electrons. The van der Waals surface area contributed by atoms with E-state index in [9.17, 15) is 19.1 Å². The predicted octanol–water partition coefficient (Wildman–Crippen LogP) is 5.59. The summed E-state index contributed by atoms with van der Waals surface area (Å²) in [6.45, 7) is 1.58. The summed E-state index contributed by atoms with van der Waals surface area (Å²) < 4.78 is 22.3. The number of halogens is 1. The number of amides is 2. The molecule has 0 atom stereocenters. The van der Waals surface area contributed by atoms with E-state index in [0.717, 1.165) is 16.6 Å². The second-order valence-electron chi connectivity index (χ2n) is 11.2. The average Bonchev–Trinajstić information content (AvgIpc) is 3.63. The zero-order chi connectivity index (χ0) is 29.6. The van der Waals surface area contributed by atoms with Gasteiger partial charge in [-0.2, -0.15) is 0 Å². The van der Waals surface area contributed by atoms with Gasteiger partial charge in [0.1, 0.15) is 23.9 Å². The maximum absolute atomic E-state index is 14.6. The third-order valence-corrected chi connectivity index (χ3v) is 8.64. The summed E-state index contributed by atoms with van der Waals surface area (Å²) in [4.78, 5) is 34.9. The monoisotopic (exact) mass is 576 g/mol. The van der Waals surface area contributed by atoms with Gasteiger partial charge in [0.05, 0.1) is 23.6 Å². The lowest BCUT2D eigenvalue weighted by Gasteiger charge is -2.40. The van der Waals surface area contributed by atoms with E-state index < -0.39 is 5.41 Å². The van der Waals surface area contributed by atoms with Gasteiger partial charge >= 0.3 is 0 Å². The van der Waals surface area contributed by atoms with Crippen molar-refractivity contribution in [2.24, 2.45) is 0 Å². The number of rotatable bonds is 5. The lowest BCUT2D eigenvalue weighted by Crippen LogP contribution is -2.47. The number of fused-ring (bicyclic) bond motifs is 3. The Morgan fingerprint density at radius 2 is 1.77 bits per heavy atom. The predicted molar refractivity (Wildman–Crippen MR) is 159 cm³/mol. The van der Waals surface area contributed by atoms with Crippen LogP contribution < -0.4 is 9.64 Å². The zero-order valence-electron chi connectivity index (χ0n) is 23.3. The van der Waals surface area contributed by atoms with Crippen LogP contribution in [0.5, 0.6) is 11.5 Å². The van der Waals surface area contributed by atoms with Crippen LogP contribution in [-0.4, -0.2) is 50.8 Å². The lowest BCUT2D eigenvalue weighted by molar-refractivity contribution is 0.0670. The van der Waals surface area contributed by atoms with Gasteiger partial charge in [-0.25, -0.2) is 9.37 Å². The van der Waals surface area contributed by atoms with E-state index in [2.05, 4.69) is 4.98 Å². The van der Waals surface area contributed by atoms with Crippen molar-refractivity contribution in [1.29, 1.82) is 0 Å². The first-order valence-corrected chi connectivity index (χ1v) is 14.2. The van der Waals surface area contributed by atoms with E-state index in [1.165, 1.54) is 18.2 Å². The van der Waals surface area contributed by atoms with E-state index in [-0.39, 0.29) is 28.9 Å². The SMILES string of the molecule is O=C(c1ccn2cncc2c1)N1CCC2(CC1)CN(C(=O)c1cc(OCc3ccccc3)ccc1O)c1ccc(F)cc12. The number of likely N-dealkylation sites (tertiary alicyclic amines) is 1. The van der Waals surface area contributed by atoms with Gasteiger partial charge in [-0.15, -0.1) is 0 Å². The average molecular weight is 577 g/mol. The van der Waals surface area contributed by atoms with Crippen LogP contribution in [0.1, 0.15) is 44.7 Å². The van der Waals surface area contributed by atoms with Gasteiger partial charge in [0.2, 0.25) is 0 Å². The van der Waals surface area contributed by atoms with Crippen molar-refractivity contribution >= 4 is 23.0 Å². The van der Waals surface area contributed by atoms with E-state index >= 15 is 0 Å². The van der Waals surface area contributed by atoms with Crippen LogP contribution in [-0.2, 0) is 12.0 Å². The molecule has 0 unspecified atom stereocenters. The van der Waals surface area contributed by atoms with Crippen LogP contribution >= 0.6 is 0 Å². The van der Waals surface area contributed by atoms with E-state index in [4.69, 9.17) is 4.74 Å². The second kappa shape index (κ2) is 10.6. The van der Waals surface area contributed by atoms with Gasteiger partial charge in [0.25, 0.3) is 11.8 Å². The highest BCUT2D eigenvalue weighted by Crippen LogP contribution is 2.48. The maximum atomic E-state index is 14.6. The van der Waals surface area contributed by atoms with Crippen molar-refractivity contribution in [2.45, 2.75) is 24.9 Å². The number of anilines is 1. The minimum absolute atomic E-state index is 0.0683. The molecule has 2 aliphatic rings. The Hall–Kier alpha value is -5.18. The van der Waals surface area contributed by atoms with Crippen molar-refractivity contribution in [2.75, 3.05) is 24.5 Å². The van der Waals surface area contributed by atoms with Crippen LogP contribution in [0.25, 0.3) is 5.52 Å². The van der Waals surface area contributed by atoms with Crippen molar-refractivity contribution in [3.63, 3.8) is 0 Å². The number of carbonyl (C=O) groups is 2. The number of piperidine rings is 1. The molecular weight excluding hydrogens is 547 g/mol. The molecule has 2 amide bonds. The van der Waals surface area contributed by atoms with Crippen molar-refractivity contribution in [1.82, 2.24) is 14.3 Å². The molecule has 8 nitrogen and oxygen atoms in total. The number of carbonyl (C=O) groups excluding carboxylic acids is 2. The molecule has 1 saturated heterocycles. The molecule has 2 aromatic heterocycles. The number of aromatic nitrogens is 2. The molecule has 4 heterocycles. The summed E-state index contributed by atoms with van der Waals surface area (Å²) in [6, 6.07) is 22.4. The number of imidazole rings is 1. The second-order valence-corrected chi connectivity index (χ2v) is 11.2. The first kappa shape index (κ1) is 26.7. The molecule has 1 fully saturated rings. The van der Waals surface area contributed by atoms with Gasteiger partial charge in [-0.3, -0.25) is 9.59 Å². The van der Waals surface area contributed by atoms with Gasteiger partial charge in [0.15, 0.2) is 0 Å². The van der Waals surface area contributed by atoms with E-state index in [0.29, 0.717) is 56.1 Å². The Kier molecular flexibility index (Phi) is 6.57. The lowest BCUT2D eigenvalue weighted by atomic mass is 9.74. The minimum atomic E-state index is -0.518. The number of pyridine rings is 1.